The molecule has 0 saturated heterocycles. The third-order valence-corrected chi connectivity index (χ3v) is 5.54. The maximum absolute atomic E-state index is 6.56. The summed E-state index contributed by atoms with van der Waals surface area (Å²) in [5.41, 5.74) is 2.26. The highest BCUT2D eigenvalue weighted by molar-refractivity contribution is 6.31. The first kappa shape index (κ1) is 16.8. The highest BCUT2D eigenvalue weighted by atomic mass is 35.5. The van der Waals surface area contributed by atoms with E-state index >= 15 is 0 Å². The van der Waals surface area contributed by atoms with Crippen molar-refractivity contribution in [2.24, 2.45) is 11.8 Å². The van der Waals surface area contributed by atoms with Crippen LogP contribution in [0, 0.1) is 11.8 Å². The Balaban J connectivity index is 2.13. The van der Waals surface area contributed by atoms with E-state index in [1.807, 2.05) is 0 Å². The Labute approximate surface area is 134 Å². The molecule has 1 aliphatic carbocycles. The molecule has 3 nitrogen and oxygen atoms in total. The van der Waals surface area contributed by atoms with Gasteiger partial charge in [0.2, 0.25) is 0 Å². The topological polar surface area (TPSA) is 29.9 Å². The monoisotopic (exact) mass is 311 g/mol. The first-order valence-corrected chi connectivity index (χ1v) is 8.89. The molecule has 0 aliphatic heterocycles. The van der Waals surface area contributed by atoms with Crippen LogP contribution >= 0.6 is 11.6 Å². The van der Waals surface area contributed by atoms with Gasteiger partial charge >= 0.3 is 0 Å². The van der Waals surface area contributed by atoms with Gasteiger partial charge in [-0.05, 0) is 45.1 Å². The summed E-state index contributed by atoms with van der Waals surface area (Å²) >= 11 is 6.56. The van der Waals surface area contributed by atoms with Gasteiger partial charge in [-0.3, -0.25) is 4.68 Å². The predicted molar refractivity (Wildman–Crippen MR) is 90.0 cm³/mol. The highest BCUT2D eigenvalue weighted by Crippen LogP contribution is 2.32. The quantitative estimate of drug-likeness (QED) is 0.858. The molecule has 1 heterocycles. The molecule has 120 valence electrons. The normalized spacial score (nSPS) is 24.2. The predicted octanol–water partition coefficient (Wildman–Crippen LogP) is 4.08. The number of nitrogens with zero attached hydrogens (tertiary/aromatic N) is 2. The number of hydrogen-bond acceptors (Lipinski definition) is 2. The van der Waals surface area contributed by atoms with E-state index in [4.69, 9.17) is 11.6 Å². The average molecular weight is 312 g/mol. The molecular formula is C17H30ClN3. The summed E-state index contributed by atoms with van der Waals surface area (Å²) < 4.78 is 2.09. The number of hydrogen-bond donors (Lipinski definition) is 1. The van der Waals surface area contributed by atoms with Crippen molar-refractivity contribution in [2.75, 3.05) is 7.05 Å². The van der Waals surface area contributed by atoms with Crippen LogP contribution in [-0.4, -0.2) is 22.9 Å². The zero-order chi connectivity index (χ0) is 15.4. The Bertz CT molecular complexity index is 447. The van der Waals surface area contributed by atoms with Gasteiger partial charge < -0.3 is 5.32 Å². The summed E-state index contributed by atoms with van der Waals surface area (Å²) in [5, 5.41) is 9.08. The van der Waals surface area contributed by atoms with Crippen LogP contribution in [0.15, 0.2) is 0 Å². The van der Waals surface area contributed by atoms with E-state index < -0.39 is 0 Å². The maximum atomic E-state index is 6.56. The molecule has 0 bridgehead atoms. The Morgan fingerprint density at radius 2 is 1.95 bits per heavy atom. The van der Waals surface area contributed by atoms with Gasteiger partial charge in [0.25, 0.3) is 0 Å². The van der Waals surface area contributed by atoms with E-state index in [0.717, 1.165) is 41.9 Å². The standard InChI is InChI=1S/C17H30ClN3/c1-5-14-17(18)16(21(6-2)20-14)11-15(19-4)13-9-7-12(3)8-10-13/h12-13,15,19H,5-11H2,1-4H3. The van der Waals surface area contributed by atoms with E-state index in [2.05, 4.69) is 42.9 Å². The average Bonchev–Trinajstić information content (AvgIpc) is 2.81. The van der Waals surface area contributed by atoms with Crippen LogP contribution in [0.5, 0.6) is 0 Å². The number of aryl methyl sites for hydroxylation is 2. The molecule has 4 heteroatoms. The van der Waals surface area contributed by atoms with E-state index in [-0.39, 0.29) is 0 Å². The van der Waals surface area contributed by atoms with Crippen LogP contribution < -0.4 is 5.32 Å². The molecule has 0 spiro atoms. The largest absolute Gasteiger partial charge is 0.316 e. The lowest BCUT2D eigenvalue weighted by Crippen LogP contribution is -2.38. The van der Waals surface area contributed by atoms with E-state index in [1.54, 1.807) is 0 Å². The van der Waals surface area contributed by atoms with Crippen molar-refractivity contribution in [1.82, 2.24) is 15.1 Å². The molecule has 1 N–H and O–H groups in total. The van der Waals surface area contributed by atoms with Crippen molar-refractivity contribution in [2.45, 2.75) is 71.9 Å². The van der Waals surface area contributed by atoms with E-state index in [0.29, 0.717) is 6.04 Å². The number of rotatable bonds is 6. The molecule has 1 aliphatic rings. The van der Waals surface area contributed by atoms with Crippen LogP contribution in [0.1, 0.15) is 57.8 Å². The fourth-order valence-electron chi connectivity index (χ4n) is 3.61. The molecule has 2 rings (SSSR count). The lowest BCUT2D eigenvalue weighted by Gasteiger charge is -2.32. The number of halogens is 1. The van der Waals surface area contributed by atoms with Crippen LogP contribution in [0.4, 0.5) is 0 Å². The number of aromatic nitrogens is 2. The van der Waals surface area contributed by atoms with Crippen molar-refractivity contribution in [1.29, 1.82) is 0 Å². The second-order valence-electron chi connectivity index (χ2n) is 6.50. The Morgan fingerprint density at radius 1 is 1.29 bits per heavy atom. The number of nitrogens with one attached hydrogen (secondary N) is 1. The second-order valence-corrected chi connectivity index (χ2v) is 6.87. The SMILES string of the molecule is CCc1nn(CC)c(CC(NC)C2CCC(C)CC2)c1Cl. The lowest BCUT2D eigenvalue weighted by molar-refractivity contribution is 0.233. The Kier molecular flexibility index (Phi) is 6.12. The summed E-state index contributed by atoms with van der Waals surface area (Å²) in [5.74, 6) is 1.67. The van der Waals surface area contributed by atoms with Gasteiger partial charge in [-0.2, -0.15) is 5.10 Å². The van der Waals surface area contributed by atoms with E-state index in [1.165, 1.54) is 31.4 Å². The Morgan fingerprint density at radius 3 is 2.48 bits per heavy atom. The minimum atomic E-state index is 0.515. The van der Waals surface area contributed by atoms with Gasteiger partial charge in [-0.15, -0.1) is 0 Å². The van der Waals surface area contributed by atoms with Crippen molar-refractivity contribution < 1.29 is 0 Å². The maximum Gasteiger partial charge on any atom is 0.0850 e. The summed E-state index contributed by atoms with van der Waals surface area (Å²) in [6.45, 7) is 7.54. The zero-order valence-electron chi connectivity index (χ0n) is 14.0. The lowest BCUT2D eigenvalue weighted by atomic mass is 9.78. The third-order valence-electron chi connectivity index (χ3n) is 5.11. The van der Waals surface area contributed by atoms with Crippen LogP contribution in [0.3, 0.4) is 0 Å². The molecule has 0 radical (unpaired) electrons. The molecule has 21 heavy (non-hydrogen) atoms. The zero-order valence-corrected chi connectivity index (χ0v) is 14.7. The highest BCUT2D eigenvalue weighted by Gasteiger charge is 2.27. The molecule has 1 fully saturated rings. The fourth-order valence-corrected chi connectivity index (χ4v) is 3.96. The van der Waals surface area contributed by atoms with Gasteiger partial charge in [-0.1, -0.05) is 38.3 Å². The summed E-state index contributed by atoms with van der Waals surface area (Å²) in [7, 11) is 2.09. The van der Waals surface area contributed by atoms with Crippen molar-refractivity contribution in [3.8, 4) is 0 Å². The van der Waals surface area contributed by atoms with Crippen LogP contribution in [-0.2, 0) is 19.4 Å². The van der Waals surface area contributed by atoms with Gasteiger partial charge in [0, 0.05) is 19.0 Å². The van der Waals surface area contributed by atoms with Crippen molar-refractivity contribution in [3.63, 3.8) is 0 Å². The van der Waals surface area contributed by atoms with E-state index in [9.17, 15) is 0 Å². The molecule has 0 amide bonds. The minimum Gasteiger partial charge on any atom is -0.316 e. The van der Waals surface area contributed by atoms with Gasteiger partial charge in [0.1, 0.15) is 0 Å². The smallest absolute Gasteiger partial charge is 0.0850 e. The van der Waals surface area contributed by atoms with Crippen LogP contribution in [0.25, 0.3) is 0 Å². The van der Waals surface area contributed by atoms with Gasteiger partial charge in [-0.25, -0.2) is 0 Å². The van der Waals surface area contributed by atoms with Crippen molar-refractivity contribution >= 4 is 11.6 Å². The van der Waals surface area contributed by atoms with Crippen LogP contribution in [0.2, 0.25) is 5.02 Å². The molecular weight excluding hydrogens is 282 g/mol. The molecule has 1 atom stereocenters. The summed E-state index contributed by atoms with van der Waals surface area (Å²) in [6.07, 6.45) is 7.31. The summed E-state index contributed by atoms with van der Waals surface area (Å²) in [6, 6.07) is 0.515. The minimum absolute atomic E-state index is 0.515. The Hall–Kier alpha value is -0.540. The first-order valence-electron chi connectivity index (χ1n) is 8.51. The molecule has 1 aromatic heterocycles. The summed E-state index contributed by atoms with van der Waals surface area (Å²) in [4.78, 5) is 0. The van der Waals surface area contributed by atoms with Gasteiger partial charge in [0.05, 0.1) is 16.4 Å². The first-order chi connectivity index (χ1) is 10.1. The molecule has 1 saturated carbocycles. The number of likely N-dealkylation sites (N-methyl/N-ethyl adjacent to an activating group) is 1. The van der Waals surface area contributed by atoms with Crippen molar-refractivity contribution in [3.05, 3.63) is 16.4 Å². The van der Waals surface area contributed by atoms with Gasteiger partial charge in [0.15, 0.2) is 0 Å². The molecule has 1 unspecified atom stereocenters. The third kappa shape index (κ3) is 3.81. The fraction of sp³-hybridized carbons (Fsp3) is 0.824. The molecule has 1 aromatic rings. The molecule has 0 aromatic carbocycles. The second kappa shape index (κ2) is 7.64.